The number of rotatable bonds is 2. The number of aromatic nitrogens is 4. The van der Waals surface area contributed by atoms with Crippen molar-refractivity contribution in [2.24, 2.45) is 0 Å². The fraction of sp³-hybridized carbons (Fsp3) is 0.182. The lowest BCUT2D eigenvalue weighted by atomic mass is 10.3. The number of aromatic carboxylic acids is 1. The largest absolute Gasteiger partial charge is 0.478 e. The smallest absolute Gasteiger partial charge is 0.339 e. The third-order valence-electron chi connectivity index (χ3n) is 2.40. The van der Waals surface area contributed by atoms with Gasteiger partial charge in [0.1, 0.15) is 17.3 Å². The van der Waals surface area contributed by atoms with Crippen LogP contribution >= 0.6 is 0 Å². The van der Waals surface area contributed by atoms with E-state index in [9.17, 15) is 4.79 Å². The molecule has 90 valence electrons. The van der Waals surface area contributed by atoms with Crippen LogP contribution in [0.25, 0.3) is 5.95 Å². The third-order valence-corrected chi connectivity index (χ3v) is 2.40. The van der Waals surface area contributed by atoms with Gasteiger partial charge in [0, 0.05) is 18.0 Å². The summed E-state index contributed by atoms with van der Waals surface area (Å²) in [6, 6.07) is 1.94. The van der Waals surface area contributed by atoms with Gasteiger partial charge in [-0.05, 0) is 13.8 Å². The first-order valence-electron chi connectivity index (χ1n) is 5.06. The van der Waals surface area contributed by atoms with Crippen molar-refractivity contribution in [1.82, 2.24) is 19.7 Å². The third kappa shape index (κ3) is 1.91. The molecule has 0 fully saturated rings. The topological polar surface area (TPSA) is 105 Å². The van der Waals surface area contributed by atoms with Gasteiger partial charge in [-0.2, -0.15) is 15.3 Å². The molecule has 0 aliphatic carbocycles. The number of nitriles is 1. The highest BCUT2D eigenvalue weighted by molar-refractivity contribution is 5.88. The van der Waals surface area contributed by atoms with Crippen molar-refractivity contribution in [1.29, 1.82) is 5.26 Å². The van der Waals surface area contributed by atoms with Gasteiger partial charge in [-0.15, -0.1) is 0 Å². The Balaban J connectivity index is 2.53. The molecule has 0 aromatic carbocycles. The average Bonchev–Trinajstić information content (AvgIpc) is 2.72. The lowest BCUT2D eigenvalue weighted by molar-refractivity contribution is 0.0696. The van der Waals surface area contributed by atoms with E-state index in [0.29, 0.717) is 11.3 Å². The first-order chi connectivity index (χ1) is 8.52. The molecule has 2 heterocycles. The number of aryl methyl sites for hydroxylation is 2. The highest BCUT2D eigenvalue weighted by atomic mass is 16.4. The molecule has 0 saturated heterocycles. The van der Waals surface area contributed by atoms with Gasteiger partial charge in [-0.25, -0.2) is 14.5 Å². The summed E-state index contributed by atoms with van der Waals surface area (Å²) in [5.41, 5.74) is 1.34. The van der Waals surface area contributed by atoms with Crippen LogP contribution < -0.4 is 0 Å². The van der Waals surface area contributed by atoms with Crippen LogP contribution in [0.1, 0.15) is 27.3 Å². The van der Waals surface area contributed by atoms with Gasteiger partial charge in [-0.3, -0.25) is 0 Å². The van der Waals surface area contributed by atoms with Crippen LogP contribution in [-0.2, 0) is 0 Å². The quantitative estimate of drug-likeness (QED) is 0.838. The van der Waals surface area contributed by atoms with Crippen molar-refractivity contribution >= 4 is 5.97 Å². The molecular formula is C11H9N5O2. The number of hydrogen-bond acceptors (Lipinski definition) is 5. The standard InChI is InChI=1S/C11H9N5O2/c1-6-4-13-11(14-9(6)3-12)16-5-8(10(17)18)7(2)15-16/h4-5H,1-2H3,(H,17,18). The summed E-state index contributed by atoms with van der Waals surface area (Å²) < 4.78 is 1.25. The Hall–Kier alpha value is -2.75. The number of carboxylic acid groups (broad SMARTS) is 1. The Morgan fingerprint density at radius 3 is 2.78 bits per heavy atom. The van der Waals surface area contributed by atoms with Crippen molar-refractivity contribution in [2.75, 3.05) is 0 Å². The maximum atomic E-state index is 10.9. The van der Waals surface area contributed by atoms with Crippen LogP contribution in [0.5, 0.6) is 0 Å². The fourth-order valence-electron chi connectivity index (χ4n) is 1.43. The first-order valence-corrected chi connectivity index (χ1v) is 5.06. The number of hydrogen-bond donors (Lipinski definition) is 1. The summed E-state index contributed by atoms with van der Waals surface area (Å²) >= 11 is 0. The van der Waals surface area contributed by atoms with Crippen molar-refractivity contribution in [2.45, 2.75) is 13.8 Å². The van der Waals surface area contributed by atoms with Gasteiger partial charge in [0.15, 0.2) is 0 Å². The van der Waals surface area contributed by atoms with Crippen LogP contribution in [0.15, 0.2) is 12.4 Å². The summed E-state index contributed by atoms with van der Waals surface area (Å²) in [7, 11) is 0. The molecule has 7 heteroatoms. The van der Waals surface area contributed by atoms with Crippen molar-refractivity contribution in [3.05, 3.63) is 34.9 Å². The minimum atomic E-state index is -1.06. The summed E-state index contributed by atoms with van der Waals surface area (Å²) in [6.45, 7) is 3.30. The summed E-state index contributed by atoms with van der Waals surface area (Å²) in [5.74, 6) is -0.890. The molecule has 1 N–H and O–H groups in total. The van der Waals surface area contributed by atoms with E-state index in [2.05, 4.69) is 15.1 Å². The zero-order valence-electron chi connectivity index (χ0n) is 9.75. The molecule has 0 amide bonds. The maximum Gasteiger partial charge on any atom is 0.339 e. The SMILES string of the molecule is Cc1cnc(-n2cc(C(=O)O)c(C)n2)nc1C#N. The van der Waals surface area contributed by atoms with Gasteiger partial charge in [0.2, 0.25) is 0 Å². The van der Waals surface area contributed by atoms with Gasteiger partial charge in [0.05, 0.1) is 5.69 Å². The van der Waals surface area contributed by atoms with E-state index in [4.69, 9.17) is 10.4 Å². The molecule has 0 aliphatic heterocycles. The first kappa shape index (κ1) is 11.7. The zero-order valence-corrected chi connectivity index (χ0v) is 9.75. The Bertz CT molecular complexity index is 669. The van der Waals surface area contributed by atoms with Crippen molar-refractivity contribution in [3.63, 3.8) is 0 Å². The second-order valence-electron chi connectivity index (χ2n) is 3.69. The molecule has 0 spiro atoms. The normalized spacial score (nSPS) is 10.1. The van der Waals surface area contributed by atoms with Crippen molar-refractivity contribution in [3.8, 4) is 12.0 Å². The molecule has 0 aliphatic rings. The highest BCUT2D eigenvalue weighted by Gasteiger charge is 2.14. The lowest BCUT2D eigenvalue weighted by Gasteiger charge is -2.00. The Labute approximate surface area is 102 Å². The average molecular weight is 243 g/mol. The van der Waals surface area contributed by atoms with Crippen LogP contribution in [-0.4, -0.2) is 30.8 Å². The van der Waals surface area contributed by atoms with Crippen LogP contribution in [0.2, 0.25) is 0 Å². The maximum absolute atomic E-state index is 10.9. The highest BCUT2D eigenvalue weighted by Crippen LogP contribution is 2.10. The molecule has 0 saturated carbocycles. The van der Waals surface area contributed by atoms with E-state index < -0.39 is 5.97 Å². The molecule has 18 heavy (non-hydrogen) atoms. The monoisotopic (exact) mass is 243 g/mol. The predicted octanol–water partition coefficient (Wildman–Crippen LogP) is 0.849. The van der Waals surface area contributed by atoms with Gasteiger partial charge in [-0.1, -0.05) is 0 Å². The molecule has 2 aromatic heterocycles. The van der Waals surface area contributed by atoms with Crippen LogP contribution in [0, 0.1) is 25.2 Å². The summed E-state index contributed by atoms with van der Waals surface area (Å²) in [6.07, 6.45) is 2.82. The summed E-state index contributed by atoms with van der Waals surface area (Å²) in [4.78, 5) is 18.9. The Kier molecular flexibility index (Phi) is 2.77. The predicted molar refractivity (Wildman–Crippen MR) is 60.3 cm³/mol. The van der Waals surface area contributed by atoms with E-state index in [1.807, 2.05) is 6.07 Å². The molecule has 7 nitrogen and oxygen atoms in total. The van der Waals surface area contributed by atoms with E-state index in [-0.39, 0.29) is 17.2 Å². The van der Waals surface area contributed by atoms with Crippen molar-refractivity contribution < 1.29 is 9.90 Å². The Morgan fingerprint density at radius 2 is 2.22 bits per heavy atom. The molecular weight excluding hydrogens is 234 g/mol. The lowest BCUT2D eigenvalue weighted by Crippen LogP contribution is -2.04. The molecule has 0 radical (unpaired) electrons. The van der Waals surface area contributed by atoms with E-state index in [1.165, 1.54) is 17.1 Å². The minimum absolute atomic E-state index is 0.0812. The summed E-state index contributed by atoms with van der Waals surface area (Å²) in [5, 5.41) is 21.8. The molecule has 0 bridgehead atoms. The molecule has 2 aromatic rings. The fourth-order valence-corrected chi connectivity index (χ4v) is 1.43. The van der Waals surface area contributed by atoms with E-state index >= 15 is 0 Å². The number of carbonyl (C=O) groups is 1. The van der Waals surface area contributed by atoms with Gasteiger partial charge < -0.3 is 5.11 Å². The Morgan fingerprint density at radius 1 is 1.50 bits per heavy atom. The van der Waals surface area contributed by atoms with E-state index in [1.54, 1.807) is 13.8 Å². The zero-order chi connectivity index (χ0) is 13.3. The van der Waals surface area contributed by atoms with Crippen LogP contribution in [0.3, 0.4) is 0 Å². The van der Waals surface area contributed by atoms with Gasteiger partial charge in [0.25, 0.3) is 5.95 Å². The molecule has 0 unspecified atom stereocenters. The number of carboxylic acids is 1. The second-order valence-corrected chi connectivity index (χ2v) is 3.69. The van der Waals surface area contributed by atoms with Crippen LogP contribution in [0.4, 0.5) is 0 Å². The molecule has 2 rings (SSSR count). The second kappa shape index (κ2) is 4.25. The molecule has 0 atom stereocenters. The van der Waals surface area contributed by atoms with E-state index in [0.717, 1.165) is 0 Å². The van der Waals surface area contributed by atoms with Gasteiger partial charge >= 0.3 is 5.97 Å². The number of nitrogens with zero attached hydrogens (tertiary/aromatic N) is 5. The minimum Gasteiger partial charge on any atom is -0.478 e.